The zero-order valence-electron chi connectivity index (χ0n) is 15.4. The summed E-state index contributed by atoms with van der Waals surface area (Å²) < 4.78 is 6.05. The molecule has 6 atom stereocenters. The van der Waals surface area contributed by atoms with Gasteiger partial charge in [-0.2, -0.15) is 21.0 Å². The van der Waals surface area contributed by atoms with Crippen LogP contribution in [0.15, 0.2) is 11.8 Å². The third-order valence-electron chi connectivity index (χ3n) is 6.70. The number of nitriles is 4. The second-order valence-electron chi connectivity index (χ2n) is 8.52. The van der Waals surface area contributed by atoms with E-state index < -0.39 is 28.8 Å². The fourth-order valence-electron chi connectivity index (χ4n) is 5.55. The first-order valence-electron chi connectivity index (χ1n) is 8.88. The van der Waals surface area contributed by atoms with Crippen LogP contribution in [-0.4, -0.2) is 17.3 Å². The van der Waals surface area contributed by atoms with Crippen LogP contribution in [0.5, 0.6) is 0 Å². The van der Waals surface area contributed by atoms with Crippen LogP contribution in [-0.2, 0) is 4.74 Å². The molecule has 134 valence electrons. The van der Waals surface area contributed by atoms with Crippen molar-refractivity contribution in [3.8, 4) is 24.3 Å². The standard InChI is InChI=1S/C20H22N4O2/c1-11(25)5-12(2)26-14-6-13-15-17(18(15,3)4)16(14)20(9-23,10-24)19(13,7-21)8-22/h6,11-13,15-17,25H,5H2,1-4H3/t11-,12-,13+,15-,16-,17-/m1/s1. The second-order valence-corrected chi connectivity index (χ2v) is 8.52. The normalized spacial score (nSPS) is 36.0. The van der Waals surface area contributed by atoms with Gasteiger partial charge in [0.25, 0.3) is 0 Å². The molecule has 0 aromatic carbocycles. The molecule has 0 amide bonds. The monoisotopic (exact) mass is 350 g/mol. The molecule has 0 radical (unpaired) electrons. The lowest BCUT2D eigenvalue weighted by atomic mass is 9.46. The topological polar surface area (TPSA) is 125 Å². The average molecular weight is 350 g/mol. The van der Waals surface area contributed by atoms with E-state index in [1.807, 2.05) is 19.1 Å². The van der Waals surface area contributed by atoms with Gasteiger partial charge in [-0.15, -0.1) is 0 Å². The molecule has 6 nitrogen and oxygen atoms in total. The van der Waals surface area contributed by atoms with Crippen molar-refractivity contribution in [2.45, 2.75) is 46.3 Å². The number of fused-ring (bicyclic) bond motifs is 1. The summed E-state index contributed by atoms with van der Waals surface area (Å²) in [4.78, 5) is 0. The summed E-state index contributed by atoms with van der Waals surface area (Å²) in [5, 5.41) is 49.3. The van der Waals surface area contributed by atoms with Crippen molar-refractivity contribution in [1.29, 1.82) is 21.0 Å². The minimum atomic E-state index is -1.76. The Morgan fingerprint density at radius 2 is 1.58 bits per heavy atom. The third kappa shape index (κ3) is 1.92. The van der Waals surface area contributed by atoms with Gasteiger partial charge in [-0.25, -0.2) is 0 Å². The van der Waals surface area contributed by atoms with E-state index >= 15 is 0 Å². The van der Waals surface area contributed by atoms with Gasteiger partial charge in [0.1, 0.15) is 0 Å². The van der Waals surface area contributed by atoms with E-state index in [2.05, 4.69) is 26.0 Å². The number of aliphatic hydroxyl groups excluding tert-OH is 1. The van der Waals surface area contributed by atoms with Gasteiger partial charge in [0, 0.05) is 12.3 Å². The number of aliphatic hydroxyl groups is 1. The zero-order valence-corrected chi connectivity index (χ0v) is 15.4. The third-order valence-corrected chi connectivity index (χ3v) is 6.70. The van der Waals surface area contributed by atoms with Crippen LogP contribution in [0.1, 0.15) is 34.1 Å². The quantitative estimate of drug-likeness (QED) is 0.831. The maximum atomic E-state index is 9.97. The van der Waals surface area contributed by atoms with E-state index in [4.69, 9.17) is 4.74 Å². The Labute approximate surface area is 153 Å². The molecule has 0 aliphatic heterocycles. The van der Waals surface area contributed by atoms with Crippen molar-refractivity contribution in [2.24, 2.45) is 39.9 Å². The van der Waals surface area contributed by atoms with Gasteiger partial charge in [0.05, 0.1) is 48.2 Å². The van der Waals surface area contributed by atoms with Gasteiger partial charge < -0.3 is 9.84 Å². The predicted molar refractivity (Wildman–Crippen MR) is 90.0 cm³/mol. The molecule has 0 heterocycles. The van der Waals surface area contributed by atoms with E-state index in [-0.39, 0.29) is 23.4 Å². The number of hydrogen-bond donors (Lipinski definition) is 1. The Morgan fingerprint density at radius 3 is 2.04 bits per heavy atom. The van der Waals surface area contributed by atoms with E-state index in [1.54, 1.807) is 13.0 Å². The second kappa shape index (κ2) is 5.48. The predicted octanol–water partition coefficient (Wildman–Crippen LogP) is 2.65. The SMILES string of the molecule is C[C@H](C[C@@H](C)O)OC1=C[C@H]2[C@@H]3[C@H]([C@@H]1C(C#N)(C#N)C2(C#N)C#N)C3(C)C. The Morgan fingerprint density at radius 1 is 1.04 bits per heavy atom. The van der Waals surface area contributed by atoms with Crippen molar-refractivity contribution < 1.29 is 9.84 Å². The van der Waals surface area contributed by atoms with Crippen LogP contribution in [0.4, 0.5) is 0 Å². The molecule has 4 aliphatic carbocycles. The van der Waals surface area contributed by atoms with Crippen LogP contribution in [0.25, 0.3) is 0 Å². The van der Waals surface area contributed by atoms with Crippen LogP contribution in [0.2, 0.25) is 0 Å². The number of nitrogens with zero attached hydrogens (tertiary/aromatic N) is 4. The molecular weight excluding hydrogens is 328 g/mol. The first kappa shape index (κ1) is 18.3. The first-order chi connectivity index (χ1) is 12.2. The summed E-state index contributed by atoms with van der Waals surface area (Å²) in [6.07, 6.45) is 1.39. The molecule has 0 unspecified atom stereocenters. The average Bonchev–Trinajstić information content (AvgIpc) is 3.16. The fraction of sp³-hybridized carbons (Fsp3) is 0.700. The van der Waals surface area contributed by atoms with E-state index in [0.717, 1.165) is 0 Å². The number of allylic oxidation sites excluding steroid dienone is 2. The molecule has 26 heavy (non-hydrogen) atoms. The zero-order chi connectivity index (χ0) is 19.5. The maximum absolute atomic E-state index is 9.97. The fourth-order valence-corrected chi connectivity index (χ4v) is 5.55. The number of hydrogen-bond acceptors (Lipinski definition) is 6. The van der Waals surface area contributed by atoms with Gasteiger partial charge in [-0.3, -0.25) is 0 Å². The number of ether oxygens (including phenoxy) is 1. The molecule has 6 heteroatoms. The molecule has 0 spiro atoms. The summed E-state index contributed by atoms with van der Waals surface area (Å²) in [6, 6.07) is 8.20. The van der Waals surface area contributed by atoms with Crippen LogP contribution < -0.4 is 0 Å². The molecular formula is C20H22N4O2. The molecule has 1 N–H and O–H groups in total. The summed E-state index contributed by atoms with van der Waals surface area (Å²) >= 11 is 0. The highest BCUT2D eigenvalue weighted by Gasteiger charge is 2.83. The lowest BCUT2D eigenvalue weighted by Gasteiger charge is -2.50. The minimum absolute atomic E-state index is 0.0281. The highest BCUT2D eigenvalue weighted by Crippen LogP contribution is 2.80. The van der Waals surface area contributed by atoms with Gasteiger partial charge in [0.15, 0.2) is 10.8 Å². The van der Waals surface area contributed by atoms with Crippen molar-refractivity contribution in [1.82, 2.24) is 0 Å². The number of rotatable bonds is 4. The summed E-state index contributed by atoms with van der Waals surface area (Å²) in [5.74, 6) is -0.491. The molecule has 4 rings (SSSR count). The molecule has 0 saturated heterocycles. The van der Waals surface area contributed by atoms with E-state index in [1.165, 1.54) is 0 Å². The Hall–Kier alpha value is -2.54. The molecule has 0 aromatic rings. The van der Waals surface area contributed by atoms with Crippen molar-refractivity contribution in [3.63, 3.8) is 0 Å². The lowest BCUT2D eigenvalue weighted by molar-refractivity contribution is -0.0125. The molecule has 0 aromatic heterocycles. The summed E-state index contributed by atoms with van der Waals surface area (Å²) in [7, 11) is 0. The minimum Gasteiger partial charge on any atom is -0.495 e. The van der Waals surface area contributed by atoms with Crippen LogP contribution in [0.3, 0.4) is 0 Å². The van der Waals surface area contributed by atoms with Crippen LogP contribution in [0, 0.1) is 85.2 Å². The van der Waals surface area contributed by atoms with E-state index in [9.17, 15) is 26.2 Å². The van der Waals surface area contributed by atoms with Crippen molar-refractivity contribution >= 4 is 0 Å². The highest BCUT2D eigenvalue weighted by atomic mass is 16.5. The largest absolute Gasteiger partial charge is 0.495 e. The van der Waals surface area contributed by atoms with Gasteiger partial charge in [-0.1, -0.05) is 13.8 Å². The smallest absolute Gasteiger partial charge is 0.186 e. The van der Waals surface area contributed by atoms with Gasteiger partial charge >= 0.3 is 0 Å². The summed E-state index contributed by atoms with van der Waals surface area (Å²) in [6.45, 7) is 7.62. The summed E-state index contributed by atoms with van der Waals surface area (Å²) in [5.41, 5.74) is -3.62. The van der Waals surface area contributed by atoms with Crippen molar-refractivity contribution in [3.05, 3.63) is 11.8 Å². The first-order valence-corrected chi connectivity index (χ1v) is 8.88. The van der Waals surface area contributed by atoms with Crippen molar-refractivity contribution in [2.75, 3.05) is 0 Å². The van der Waals surface area contributed by atoms with Crippen LogP contribution >= 0.6 is 0 Å². The lowest BCUT2D eigenvalue weighted by Crippen LogP contribution is -2.56. The Kier molecular flexibility index (Phi) is 3.85. The Balaban J connectivity index is 2.14. The molecule has 2 saturated carbocycles. The highest BCUT2D eigenvalue weighted by molar-refractivity contribution is 5.50. The maximum Gasteiger partial charge on any atom is 0.186 e. The van der Waals surface area contributed by atoms with Gasteiger partial charge in [-0.05, 0) is 37.2 Å². The molecule has 2 fully saturated rings. The Bertz CT molecular complexity index is 802. The molecule has 2 bridgehead atoms. The van der Waals surface area contributed by atoms with E-state index in [0.29, 0.717) is 12.2 Å². The molecule has 4 aliphatic rings. The van der Waals surface area contributed by atoms with Gasteiger partial charge in [0.2, 0.25) is 0 Å².